The minimum Gasteiger partial charge on any atom is -0.321 e. The fourth-order valence-corrected chi connectivity index (χ4v) is 3.62. The van der Waals surface area contributed by atoms with Gasteiger partial charge in [-0.15, -0.1) is 11.8 Å². The van der Waals surface area contributed by atoms with E-state index in [0.29, 0.717) is 23.0 Å². The van der Waals surface area contributed by atoms with Crippen LogP contribution in [0.4, 0.5) is 5.69 Å². The van der Waals surface area contributed by atoms with E-state index in [1.165, 1.54) is 4.68 Å². The number of nitrogens with zero attached hydrogens (tertiary/aromatic N) is 2. The highest BCUT2D eigenvalue weighted by atomic mass is 32.2. The normalized spacial score (nSPS) is 10.8. The van der Waals surface area contributed by atoms with Gasteiger partial charge in [-0.25, -0.2) is 4.68 Å². The van der Waals surface area contributed by atoms with Crippen molar-refractivity contribution in [3.8, 4) is 0 Å². The summed E-state index contributed by atoms with van der Waals surface area (Å²) in [7, 11) is 0. The number of amides is 1. The molecule has 0 saturated carbocycles. The second-order valence-electron chi connectivity index (χ2n) is 6.53. The van der Waals surface area contributed by atoms with Crippen molar-refractivity contribution in [3.63, 3.8) is 0 Å². The summed E-state index contributed by atoms with van der Waals surface area (Å²) in [4.78, 5) is 27.0. The minimum atomic E-state index is -0.346. The first kappa shape index (κ1) is 19.0. The molecule has 0 saturated heterocycles. The molecule has 5 nitrogen and oxygen atoms in total. The summed E-state index contributed by atoms with van der Waals surface area (Å²) in [6.45, 7) is 0.298. The Hall–Kier alpha value is -3.38. The number of nitrogens with one attached hydrogen (secondary N) is 1. The molecule has 0 spiro atoms. The molecule has 4 aromatic rings. The van der Waals surface area contributed by atoms with E-state index < -0.39 is 0 Å². The van der Waals surface area contributed by atoms with Crippen molar-refractivity contribution >= 4 is 34.1 Å². The van der Waals surface area contributed by atoms with Gasteiger partial charge in [-0.2, -0.15) is 5.10 Å². The van der Waals surface area contributed by atoms with Gasteiger partial charge in [0.1, 0.15) is 0 Å². The van der Waals surface area contributed by atoms with Gasteiger partial charge in [0.05, 0.1) is 11.9 Å². The summed E-state index contributed by atoms with van der Waals surface area (Å²) in [5.41, 5.74) is 1.64. The standard InChI is InChI=1S/C23H19N3O2S/c1-29-18-11-7-10-17(14-18)24-22(27)21-19-12-5-6-13-20(19)23(28)26(25-21)15-16-8-3-2-4-9-16/h2-14H,15H2,1H3,(H,24,27). The Labute approximate surface area is 172 Å². The third-order valence-electron chi connectivity index (χ3n) is 4.59. The number of fused-ring (bicyclic) bond motifs is 1. The van der Waals surface area contributed by atoms with Crippen LogP contribution in [0.25, 0.3) is 10.8 Å². The summed E-state index contributed by atoms with van der Waals surface area (Å²) < 4.78 is 1.35. The summed E-state index contributed by atoms with van der Waals surface area (Å²) in [5.74, 6) is -0.346. The smallest absolute Gasteiger partial charge is 0.276 e. The third kappa shape index (κ3) is 4.07. The largest absolute Gasteiger partial charge is 0.321 e. The molecule has 0 aliphatic heterocycles. The Morgan fingerprint density at radius 3 is 2.45 bits per heavy atom. The zero-order valence-electron chi connectivity index (χ0n) is 15.8. The molecule has 0 aliphatic rings. The number of benzene rings is 3. The van der Waals surface area contributed by atoms with Crippen LogP contribution < -0.4 is 10.9 Å². The molecule has 0 bridgehead atoms. The van der Waals surface area contributed by atoms with Gasteiger partial charge in [0.25, 0.3) is 11.5 Å². The first-order valence-corrected chi connectivity index (χ1v) is 10.4. The predicted molar refractivity (Wildman–Crippen MR) is 118 cm³/mol. The van der Waals surface area contributed by atoms with Crippen molar-refractivity contribution in [1.82, 2.24) is 9.78 Å². The van der Waals surface area contributed by atoms with Crippen LogP contribution in [0.5, 0.6) is 0 Å². The van der Waals surface area contributed by atoms with Crippen LogP contribution in [0.15, 0.2) is 88.6 Å². The Morgan fingerprint density at radius 2 is 1.69 bits per heavy atom. The first-order chi connectivity index (χ1) is 14.2. The maximum absolute atomic E-state index is 13.0. The lowest BCUT2D eigenvalue weighted by molar-refractivity contribution is 0.102. The molecule has 0 aliphatic carbocycles. The molecule has 6 heteroatoms. The summed E-state index contributed by atoms with van der Waals surface area (Å²) in [6, 6.07) is 24.3. The average molecular weight is 401 g/mol. The summed E-state index contributed by atoms with van der Waals surface area (Å²) >= 11 is 1.60. The first-order valence-electron chi connectivity index (χ1n) is 9.15. The fourth-order valence-electron chi connectivity index (χ4n) is 3.16. The van der Waals surface area contributed by atoms with Gasteiger partial charge in [0, 0.05) is 16.0 Å². The van der Waals surface area contributed by atoms with Gasteiger partial charge in [-0.1, -0.05) is 54.6 Å². The van der Waals surface area contributed by atoms with Crippen LogP contribution >= 0.6 is 11.8 Å². The van der Waals surface area contributed by atoms with Crippen LogP contribution in [0.1, 0.15) is 16.1 Å². The molecule has 29 heavy (non-hydrogen) atoms. The van der Waals surface area contributed by atoms with E-state index in [0.717, 1.165) is 10.5 Å². The van der Waals surface area contributed by atoms with E-state index in [1.54, 1.807) is 36.0 Å². The third-order valence-corrected chi connectivity index (χ3v) is 5.31. The average Bonchev–Trinajstić information content (AvgIpc) is 2.76. The molecule has 1 aromatic heterocycles. The maximum Gasteiger partial charge on any atom is 0.276 e. The van der Waals surface area contributed by atoms with Crippen LogP contribution in [-0.2, 0) is 6.54 Å². The van der Waals surface area contributed by atoms with Crippen molar-refractivity contribution in [3.05, 3.63) is 100 Å². The highest BCUT2D eigenvalue weighted by Crippen LogP contribution is 2.20. The summed E-state index contributed by atoms with van der Waals surface area (Å²) in [6.07, 6.45) is 1.98. The lowest BCUT2D eigenvalue weighted by atomic mass is 10.1. The van der Waals surface area contributed by atoms with Gasteiger partial charge in [0.15, 0.2) is 5.69 Å². The van der Waals surface area contributed by atoms with Gasteiger partial charge >= 0.3 is 0 Å². The Balaban J connectivity index is 1.77. The zero-order valence-corrected chi connectivity index (χ0v) is 16.6. The second kappa shape index (κ2) is 8.32. The van der Waals surface area contributed by atoms with E-state index in [-0.39, 0.29) is 17.2 Å². The molecule has 4 rings (SSSR count). The van der Waals surface area contributed by atoms with Crippen LogP contribution in [0.3, 0.4) is 0 Å². The van der Waals surface area contributed by atoms with E-state index in [9.17, 15) is 9.59 Å². The van der Waals surface area contributed by atoms with Gasteiger partial charge in [-0.05, 0) is 36.1 Å². The Kier molecular flexibility index (Phi) is 5.44. The fraction of sp³-hybridized carbons (Fsp3) is 0.0870. The molecule has 144 valence electrons. The van der Waals surface area contributed by atoms with Crippen molar-refractivity contribution in [1.29, 1.82) is 0 Å². The lowest BCUT2D eigenvalue weighted by Crippen LogP contribution is -2.28. The van der Waals surface area contributed by atoms with Crippen LogP contribution in [-0.4, -0.2) is 21.9 Å². The number of hydrogen-bond acceptors (Lipinski definition) is 4. The summed E-state index contributed by atoms with van der Waals surface area (Å²) in [5, 5.41) is 8.34. The van der Waals surface area contributed by atoms with Crippen molar-refractivity contribution < 1.29 is 4.79 Å². The highest BCUT2D eigenvalue weighted by molar-refractivity contribution is 7.98. The number of carbonyl (C=O) groups is 1. The van der Waals surface area contributed by atoms with Crippen molar-refractivity contribution in [2.24, 2.45) is 0 Å². The lowest BCUT2D eigenvalue weighted by Gasteiger charge is -2.12. The molecule has 0 unspecified atom stereocenters. The number of aromatic nitrogens is 2. The number of rotatable bonds is 5. The topological polar surface area (TPSA) is 64.0 Å². The van der Waals surface area contributed by atoms with Crippen molar-refractivity contribution in [2.75, 3.05) is 11.6 Å². The van der Waals surface area contributed by atoms with E-state index in [4.69, 9.17) is 0 Å². The quantitative estimate of drug-likeness (QED) is 0.503. The number of anilines is 1. The Bertz CT molecular complexity index is 1240. The van der Waals surface area contributed by atoms with E-state index >= 15 is 0 Å². The second-order valence-corrected chi connectivity index (χ2v) is 7.41. The molecule has 3 aromatic carbocycles. The molecule has 0 atom stereocenters. The molecular formula is C23H19N3O2S. The molecule has 0 radical (unpaired) electrons. The number of thioether (sulfide) groups is 1. The molecule has 1 heterocycles. The van der Waals surface area contributed by atoms with Crippen LogP contribution in [0, 0.1) is 0 Å². The monoisotopic (exact) mass is 401 g/mol. The minimum absolute atomic E-state index is 0.217. The molecule has 1 amide bonds. The van der Waals surface area contributed by atoms with Gasteiger partial charge < -0.3 is 5.32 Å². The Morgan fingerprint density at radius 1 is 0.966 bits per heavy atom. The van der Waals surface area contributed by atoms with E-state index in [1.807, 2.05) is 60.9 Å². The van der Waals surface area contributed by atoms with Gasteiger partial charge in [0.2, 0.25) is 0 Å². The number of hydrogen-bond donors (Lipinski definition) is 1. The number of carbonyl (C=O) groups excluding carboxylic acids is 1. The predicted octanol–water partition coefficient (Wildman–Crippen LogP) is 4.42. The van der Waals surface area contributed by atoms with Gasteiger partial charge in [-0.3, -0.25) is 9.59 Å². The SMILES string of the molecule is CSc1cccc(NC(=O)c2nn(Cc3ccccc3)c(=O)c3ccccc23)c1. The molecule has 1 N–H and O–H groups in total. The maximum atomic E-state index is 13.0. The van der Waals surface area contributed by atoms with E-state index in [2.05, 4.69) is 10.4 Å². The van der Waals surface area contributed by atoms with Crippen LogP contribution in [0.2, 0.25) is 0 Å². The molecule has 0 fully saturated rings. The highest BCUT2D eigenvalue weighted by Gasteiger charge is 2.17. The van der Waals surface area contributed by atoms with Crippen molar-refractivity contribution in [2.45, 2.75) is 11.4 Å². The molecular weight excluding hydrogens is 382 g/mol. The zero-order chi connectivity index (χ0) is 20.2.